The van der Waals surface area contributed by atoms with Gasteiger partial charge in [-0.25, -0.2) is 4.98 Å². The first-order chi connectivity index (χ1) is 11.4. The van der Waals surface area contributed by atoms with Crippen molar-refractivity contribution in [2.24, 2.45) is 5.16 Å². The number of nitrogens with two attached hydrogens (primary N) is 1. The van der Waals surface area contributed by atoms with Gasteiger partial charge < -0.3 is 25.6 Å². The number of oxime groups is 1. The van der Waals surface area contributed by atoms with Gasteiger partial charge in [-0.15, -0.1) is 11.3 Å². The number of aromatic nitrogens is 1. The number of carbonyl (C=O) groups excluding carboxylic acids is 2. The Balaban J connectivity index is 2.00. The minimum Gasteiger partial charge on any atom is -0.426 e. The van der Waals surface area contributed by atoms with Crippen molar-refractivity contribution in [3.8, 4) is 0 Å². The van der Waals surface area contributed by atoms with E-state index in [1.807, 2.05) is 0 Å². The Morgan fingerprint density at radius 3 is 2.92 bits per heavy atom. The summed E-state index contributed by atoms with van der Waals surface area (Å²) in [6.45, 7) is 1.47. The normalized spacial score (nSPS) is 21.5. The summed E-state index contributed by atoms with van der Waals surface area (Å²) in [4.78, 5) is 32.2. The zero-order chi connectivity index (χ0) is 17.7. The molecule has 0 bridgehead atoms. The fourth-order valence-electron chi connectivity index (χ4n) is 2.41. The molecule has 0 aliphatic carbocycles. The molecule has 0 saturated carbocycles. The van der Waals surface area contributed by atoms with Gasteiger partial charge in [-0.1, -0.05) is 5.16 Å². The SMILES string of the molecule is CO/N=C(/C(=O)N[C@H]1CC[C@@H](CC(C)=O)OB1O)c1csc(N)n1. The van der Waals surface area contributed by atoms with Crippen LogP contribution in [0.4, 0.5) is 5.13 Å². The van der Waals surface area contributed by atoms with Crippen molar-refractivity contribution < 1.29 is 24.1 Å². The molecule has 1 aliphatic heterocycles. The van der Waals surface area contributed by atoms with Crippen LogP contribution in [0.1, 0.15) is 31.9 Å². The zero-order valence-corrected chi connectivity index (χ0v) is 14.2. The highest BCUT2D eigenvalue weighted by atomic mass is 32.1. The van der Waals surface area contributed by atoms with Crippen molar-refractivity contribution in [3.05, 3.63) is 11.1 Å². The van der Waals surface area contributed by atoms with Crippen molar-refractivity contribution in [1.29, 1.82) is 0 Å². The Labute approximate surface area is 143 Å². The van der Waals surface area contributed by atoms with Gasteiger partial charge in [-0.05, 0) is 19.8 Å². The summed E-state index contributed by atoms with van der Waals surface area (Å²) in [6, 6.07) is 0. The van der Waals surface area contributed by atoms with Crippen molar-refractivity contribution in [1.82, 2.24) is 10.3 Å². The van der Waals surface area contributed by atoms with Gasteiger partial charge in [-0.3, -0.25) is 9.59 Å². The number of Topliss-reactive ketones (excluding diaryl/α,β-unsaturated/α-hetero) is 1. The molecule has 1 saturated heterocycles. The van der Waals surface area contributed by atoms with Gasteiger partial charge in [0.25, 0.3) is 5.91 Å². The van der Waals surface area contributed by atoms with Crippen LogP contribution in [0.25, 0.3) is 0 Å². The molecule has 2 rings (SSSR count). The molecule has 2 heterocycles. The molecule has 2 atom stereocenters. The van der Waals surface area contributed by atoms with Crippen LogP contribution in [0.2, 0.25) is 0 Å². The van der Waals surface area contributed by atoms with Gasteiger partial charge in [0, 0.05) is 17.9 Å². The average Bonchev–Trinajstić information content (AvgIpc) is 2.93. The largest absolute Gasteiger partial charge is 0.478 e. The Kier molecular flexibility index (Phi) is 6.29. The van der Waals surface area contributed by atoms with Crippen molar-refractivity contribution in [2.45, 2.75) is 38.2 Å². The molecule has 0 radical (unpaired) electrons. The second-order valence-corrected chi connectivity index (χ2v) is 6.30. The monoisotopic (exact) mass is 354 g/mol. The summed E-state index contributed by atoms with van der Waals surface area (Å²) >= 11 is 1.17. The number of amides is 1. The van der Waals surface area contributed by atoms with Crippen LogP contribution < -0.4 is 11.1 Å². The van der Waals surface area contributed by atoms with E-state index in [-0.39, 0.29) is 29.7 Å². The first-order valence-electron chi connectivity index (χ1n) is 7.37. The fraction of sp³-hybridized carbons (Fsp3) is 0.538. The molecule has 0 aromatic carbocycles. The van der Waals surface area contributed by atoms with E-state index in [4.69, 9.17) is 10.4 Å². The minimum atomic E-state index is -1.20. The molecule has 11 heteroatoms. The number of thiazole rings is 1. The Morgan fingerprint density at radius 1 is 1.62 bits per heavy atom. The summed E-state index contributed by atoms with van der Waals surface area (Å²) in [5, 5.41) is 18.2. The third-order valence-corrected chi connectivity index (χ3v) is 4.14. The zero-order valence-electron chi connectivity index (χ0n) is 13.4. The smallest absolute Gasteiger partial charge is 0.426 e. The van der Waals surface area contributed by atoms with Crippen LogP contribution in [0.5, 0.6) is 0 Å². The van der Waals surface area contributed by atoms with Gasteiger partial charge in [-0.2, -0.15) is 0 Å². The van der Waals surface area contributed by atoms with Crippen molar-refractivity contribution >= 4 is 41.0 Å². The third kappa shape index (κ3) is 4.76. The second-order valence-electron chi connectivity index (χ2n) is 5.41. The molecule has 1 fully saturated rings. The number of rotatable bonds is 6. The quantitative estimate of drug-likeness (QED) is 0.364. The molecule has 130 valence electrons. The number of nitrogens with zero attached hydrogens (tertiary/aromatic N) is 2. The molecule has 1 aromatic rings. The van der Waals surface area contributed by atoms with E-state index < -0.39 is 19.0 Å². The molecule has 1 aliphatic rings. The highest BCUT2D eigenvalue weighted by Crippen LogP contribution is 2.19. The molecular formula is C13H19BN4O5S. The molecule has 0 unspecified atom stereocenters. The van der Waals surface area contributed by atoms with Crippen LogP contribution >= 0.6 is 11.3 Å². The van der Waals surface area contributed by atoms with Gasteiger partial charge >= 0.3 is 7.12 Å². The molecule has 0 spiro atoms. The summed E-state index contributed by atoms with van der Waals surface area (Å²) in [6.07, 6.45) is 0.939. The van der Waals surface area contributed by atoms with Crippen LogP contribution in [0, 0.1) is 0 Å². The first-order valence-corrected chi connectivity index (χ1v) is 8.25. The molecule has 1 amide bonds. The van der Waals surface area contributed by atoms with Crippen molar-refractivity contribution in [3.63, 3.8) is 0 Å². The topological polar surface area (TPSA) is 136 Å². The number of nitrogen functional groups attached to an aromatic ring is 1. The van der Waals surface area contributed by atoms with E-state index >= 15 is 0 Å². The first kappa shape index (κ1) is 18.4. The second kappa shape index (κ2) is 8.22. The maximum absolute atomic E-state index is 12.4. The van der Waals surface area contributed by atoms with Crippen molar-refractivity contribution in [2.75, 3.05) is 12.8 Å². The van der Waals surface area contributed by atoms with Crippen LogP contribution in [0.3, 0.4) is 0 Å². The Bertz CT molecular complexity index is 638. The molecule has 1 aromatic heterocycles. The summed E-state index contributed by atoms with van der Waals surface area (Å²) in [7, 11) is 0.116. The lowest BCUT2D eigenvalue weighted by atomic mass is 9.72. The lowest BCUT2D eigenvalue weighted by Gasteiger charge is -2.31. The number of hydrogen-bond donors (Lipinski definition) is 3. The molecule has 4 N–H and O–H groups in total. The summed E-state index contributed by atoms with van der Waals surface area (Å²) in [5.41, 5.74) is 5.82. The highest BCUT2D eigenvalue weighted by molar-refractivity contribution is 7.13. The number of ketones is 1. The molecular weight excluding hydrogens is 335 g/mol. The summed E-state index contributed by atoms with van der Waals surface area (Å²) < 4.78 is 5.38. The van der Waals surface area contributed by atoms with Crippen LogP contribution in [-0.2, 0) is 19.1 Å². The number of carbonyl (C=O) groups is 2. The minimum absolute atomic E-state index is 0.00896. The maximum Gasteiger partial charge on any atom is 0.478 e. The lowest BCUT2D eigenvalue weighted by Crippen LogP contribution is -2.54. The maximum atomic E-state index is 12.4. The number of anilines is 1. The Morgan fingerprint density at radius 2 is 2.38 bits per heavy atom. The third-order valence-electron chi connectivity index (χ3n) is 3.47. The van der Waals surface area contributed by atoms with E-state index in [0.717, 1.165) is 0 Å². The number of hydrogen-bond acceptors (Lipinski definition) is 9. The van der Waals surface area contributed by atoms with E-state index in [9.17, 15) is 14.6 Å². The predicted molar refractivity (Wildman–Crippen MR) is 89.4 cm³/mol. The van der Waals surface area contributed by atoms with E-state index in [1.54, 1.807) is 5.38 Å². The summed E-state index contributed by atoms with van der Waals surface area (Å²) in [5.74, 6) is -1.18. The average molecular weight is 354 g/mol. The fourth-order valence-corrected chi connectivity index (χ4v) is 2.96. The lowest BCUT2D eigenvalue weighted by molar-refractivity contribution is -0.119. The van der Waals surface area contributed by atoms with Crippen LogP contribution in [0.15, 0.2) is 10.5 Å². The highest BCUT2D eigenvalue weighted by Gasteiger charge is 2.37. The van der Waals surface area contributed by atoms with Gasteiger partial charge in [0.1, 0.15) is 18.6 Å². The van der Waals surface area contributed by atoms with Gasteiger partial charge in [0.05, 0.1) is 5.94 Å². The number of nitrogens with one attached hydrogen (secondary N) is 1. The van der Waals surface area contributed by atoms with E-state index in [1.165, 1.54) is 25.4 Å². The molecule has 24 heavy (non-hydrogen) atoms. The van der Waals surface area contributed by atoms with E-state index in [0.29, 0.717) is 18.0 Å². The predicted octanol–water partition coefficient (Wildman–Crippen LogP) is -0.262. The van der Waals surface area contributed by atoms with Crippen LogP contribution in [-0.4, -0.2) is 53.7 Å². The van der Waals surface area contributed by atoms with Gasteiger partial charge in [0.15, 0.2) is 10.8 Å². The van der Waals surface area contributed by atoms with Gasteiger partial charge in [0.2, 0.25) is 0 Å². The Hall–Kier alpha value is -1.98. The molecule has 9 nitrogen and oxygen atoms in total. The standard InChI is InChI=1S/C13H19BN4O5S/c1-7(19)5-8-3-4-10(14(21)23-8)17-12(20)11(18-22-2)9-6-24-13(15)16-9/h6,8,10,21H,3-5H2,1-2H3,(H2,15,16)(H,17,20)/b18-11+/t8-,10-/m0/s1. The van der Waals surface area contributed by atoms with E-state index in [2.05, 4.69) is 20.3 Å².